The van der Waals surface area contributed by atoms with E-state index in [0.29, 0.717) is 11.3 Å². The molecule has 1 aromatic carbocycles. The lowest BCUT2D eigenvalue weighted by molar-refractivity contribution is -0.143. The van der Waals surface area contributed by atoms with Gasteiger partial charge in [-0.25, -0.2) is 0 Å². The molecule has 0 aliphatic carbocycles. The third-order valence-corrected chi connectivity index (χ3v) is 2.64. The van der Waals surface area contributed by atoms with Crippen LogP contribution in [0.15, 0.2) is 24.3 Å². The number of para-hydroxylation sites is 1. The molecule has 0 saturated heterocycles. The topological polar surface area (TPSA) is 86.5 Å². The second-order valence-corrected chi connectivity index (χ2v) is 3.63. The fourth-order valence-corrected chi connectivity index (χ4v) is 1.84. The first-order chi connectivity index (χ1) is 9.11. The summed E-state index contributed by atoms with van der Waals surface area (Å²) in [6, 6.07) is 6.96. The summed E-state index contributed by atoms with van der Waals surface area (Å²) in [6.07, 6.45) is 0. The Hall–Kier alpha value is -2.17. The molecule has 1 heterocycles. The summed E-state index contributed by atoms with van der Waals surface area (Å²) in [5, 5.41) is 0. The minimum Gasteiger partial charge on any atom is -0.426 e. The summed E-state index contributed by atoms with van der Waals surface area (Å²) in [5.41, 5.74) is 5.98. The molecule has 0 bridgehead atoms. The summed E-state index contributed by atoms with van der Waals surface area (Å²) in [6.45, 7) is 7.65. The Bertz CT molecular complexity index is 445. The first kappa shape index (κ1) is 16.8. The van der Waals surface area contributed by atoms with Gasteiger partial charge in [-0.1, -0.05) is 39.0 Å². The van der Waals surface area contributed by atoms with Crippen molar-refractivity contribution in [1.29, 1.82) is 0 Å². The van der Waals surface area contributed by atoms with Gasteiger partial charge in [0.1, 0.15) is 12.5 Å². The normalized spacial score (nSPS) is 19.6. The molecule has 1 aliphatic rings. The first-order valence-electron chi connectivity index (χ1n) is 6.00. The number of esters is 1. The van der Waals surface area contributed by atoms with Crippen LogP contribution in [0, 0.1) is 5.92 Å². The third-order valence-electron chi connectivity index (χ3n) is 2.64. The van der Waals surface area contributed by atoms with E-state index >= 15 is 0 Å². The Morgan fingerprint density at radius 1 is 1.26 bits per heavy atom. The molecular weight excluding hydrogens is 246 g/mol. The Morgan fingerprint density at radius 3 is 2.32 bits per heavy atom. The van der Waals surface area contributed by atoms with E-state index in [4.69, 9.17) is 15.3 Å². The van der Waals surface area contributed by atoms with Crippen molar-refractivity contribution in [2.75, 3.05) is 0 Å². The fourth-order valence-electron chi connectivity index (χ4n) is 1.84. The van der Waals surface area contributed by atoms with Crippen molar-refractivity contribution in [2.24, 2.45) is 11.7 Å². The second kappa shape index (κ2) is 8.02. The largest absolute Gasteiger partial charge is 0.426 e. The number of carbonyl (C=O) groups is 3. The van der Waals surface area contributed by atoms with Crippen molar-refractivity contribution in [1.82, 2.24) is 0 Å². The van der Waals surface area contributed by atoms with Gasteiger partial charge in [-0.15, -0.1) is 0 Å². The summed E-state index contributed by atoms with van der Waals surface area (Å²) >= 11 is 0. The van der Waals surface area contributed by atoms with Crippen LogP contribution >= 0.6 is 0 Å². The summed E-state index contributed by atoms with van der Waals surface area (Å²) in [5.74, 6) is -1.56. The van der Waals surface area contributed by atoms with E-state index < -0.39 is 23.7 Å². The van der Waals surface area contributed by atoms with Gasteiger partial charge in [-0.3, -0.25) is 9.59 Å². The van der Waals surface area contributed by atoms with Crippen molar-refractivity contribution in [3.8, 4) is 5.75 Å². The number of benzene rings is 1. The lowest BCUT2D eigenvalue weighted by atomic mass is 9.84. The second-order valence-electron chi connectivity index (χ2n) is 3.63. The molecule has 5 heteroatoms. The van der Waals surface area contributed by atoms with Gasteiger partial charge in [-0.05, 0) is 6.07 Å². The van der Waals surface area contributed by atoms with Crippen LogP contribution in [0.1, 0.15) is 32.3 Å². The van der Waals surface area contributed by atoms with E-state index in [1.54, 1.807) is 31.2 Å². The van der Waals surface area contributed by atoms with Crippen LogP contribution in [-0.4, -0.2) is 18.7 Å². The zero-order chi connectivity index (χ0) is 15.0. The van der Waals surface area contributed by atoms with Gasteiger partial charge in [-0.2, -0.15) is 0 Å². The predicted molar refractivity (Wildman–Crippen MR) is 71.6 cm³/mol. The minimum absolute atomic E-state index is 0.405. The minimum atomic E-state index is -0.581. The Morgan fingerprint density at radius 2 is 1.79 bits per heavy atom. The maximum absolute atomic E-state index is 11.4. The van der Waals surface area contributed by atoms with Crippen LogP contribution in [0.25, 0.3) is 0 Å². The number of hydrogen-bond acceptors (Lipinski definition) is 4. The number of rotatable bonds is 1. The van der Waals surface area contributed by atoms with E-state index in [1.165, 1.54) is 0 Å². The van der Waals surface area contributed by atoms with Crippen LogP contribution in [0.4, 0.5) is 0 Å². The van der Waals surface area contributed by atoms with Crippen LogP contribution < -0.4 is 10.5 Å². The SMILES string of the molecule is C=O.CC.CC1C(=O)Oc2ccccc2C1C(N)=O. The lowest BCUT2D eigenvalue weighted by Crippen LogP contribution is -2.36. The van der Waals surface area contributed by atoms with Crippen molar-refractivity contribution in [3.63, 3.8) is 0 Å². The average Bonchev–Trinajstić information content (AvgIpc) is 2.44. The first-order valence-corrected chi connectivity index (χ1v) is 6.00. The molecule has 2 rings (SSSR count). The standard InChI is InChI=1S/C11H11NO3.C2H6.CH2O/c1-6-9(10(12)13)7-4-2-3-5-8(7)15-11(6)14;2*1-2/h2-6,9H,1H3,(H2,12,13);1-2H3;1H2. The van der Waals surface area contributed by atoms with Crippen molar-refractivity contribution >= 4 is 18.7 Å². The quantitative estimate of drug-likeness (QED) is 0.618. The number of ether oxygens (including phenoxy) is 1. The van der Waals surface area contributed by atoms with Gasteiger partial charge in [0.25, 0.3) is 0 Å². The Balaban J connectivity index is 0.000000741. The molecule has 2 unspecified atom stereocenters. The smallest absolute Gasteiger partial charge is 0.315 e. The number of hydrogen-bond donors (Lipinski definition) is 1. The van der Waals surface area contributed by atoms with Gasteiger partial charge >= 0.3 is 5.97 Å². The highest BCUT2D eigenvalue weighted by Gasteiger charge is 2.37. The van der Waals surface area contributed by atoms with E-state index in [9.17, 15) is 9.59 Å². The van der Waals surface area contributed by atoms with E-state index in [2.05, 4.69) is 0 Å². The number of amides is 1. The fraction of sp³-hybridized carbons (Fsp3) is 0.357. The number of fused-ring (bicyclic) bond motifs is 1. The monoisotopic (exact) mass is 265 g/mol. The van der Waals surface area contributed by atoms with Crippen molar-refractivity contribution in [3.05, 3.63) is 29.8 Å². The van der Waals surface area contributed by atoms with Crippen LogP contribution in [0.3, 0.4) is 0 Å². The molecule has 5 nitrogen and oxygen atoms in total. The zero-order valence-corrected chi connectivity index (χ0v) is 11.4. The highest BCUT2D eigenvalue weighted by Crippen LogP contribution is 2.36. The molecule has 0 aromatic heterocycles. The molecule has 1 aromatic rings. The molecule has 2 N–H and O–H groups in total. The van der Waals surface area contributed by atoms with Crippen LogP contribution in [0.5, 0.6) is 5.75 Å². The zero-order valence-electron chi connectivity index (χ0n) is 11.4. The summed E-state index contributed by atoms with van der Waals surface area (Å²) in [4.78, 5) is 30.7. The molecule has 104 valence electrons. The molecule has 0 fully saturated rings. The van der Waals surface area contributed by atoms with Gasteiger partial charge < -0.3 is 15.3 Å². The van der Waals surface area contributed by atoms with Gasteiger partial charge in [0.2, 0.25) is 5.91 Å². The maximum atomic E-state index is 11.4. The van der Waals surface area contributed by atoms with Gasteiger partial charge in [0, 0.05) is 5.56 Å². The molecule has 0 spiro atoms. The number of nitrogens with two attached hydrogens (primary N) is 1. The third kappa shape index (κ3) is 3.64. The Labute approximate surface area is 112 Å². The molecule has 2 atom stereocenters. The Kier molecular flexibility index (Phi) is 7.11. The average molecular weight is 265 g/mol. The van der Waals surface area contributed by atoms with E-state index in [0.717, 1.165) is 0 Å². The van der Waals surface area contributed by atoms with Crippen LogP contribution in [0.2, 0.25) is 0 Å². The molecule has 19 heavy (non-hydrogen) atoms. The number of carbonyl (C=O) groups excluding carboxylic acids is 3. The molecule has 0 radical (unpaired) electrons. The van der Waals surface area contributed by atoms with Crippen molar-refractivity contribution < 1.29 is 19.1 Å². The highest BCUT2D eigenvalue weighted by molar-refractivity contribution is 5.92. The predicted octanol–water partition coefficient (Wildman–Crippen LogP) is 1.65. The molecule has 1 amide bonds. The number of primary amides is 1. The van der Waals surface area contributed by atoms with E-state index in [1.807, 2.05) is 20.6 Å². The van der Waals surface area contributed by atoms with Gasteiger partial charge in [0.15, 0.2) is 0 Å². The van der Waals surface area contributed by atoms with Gasteiger partial charge in [0.05, 0.1) is 11.8 Å². The van der Waals surface area contributed by atoms with Crippen molar-refractivity contribution in [2.45, 2.75) is 26.7 Å². The molecule has 0 saturated carbocycles. The summed E-state index contributed by atoms with van der Waals surface area (Å²) in [7, 11) is 0. The molecule has 1 aliphatic heterocycles. The van der Waals surface area contributed by atoms with Crippen LogP contribution in [-0.2, 0) is 14.4 Å². The molecular formula is C14H19NO4. The van der Waals surface area contributed by atoms with E-state index in [-0.39, 0.29) is 0 Å². The summed E-state index contributed by atoms with van der Waals surface area (Å²) < 4.78 is 5.08. The maximum Gasteiger partial charge on any atom is 0.315 e. The highest BCUT2D eigenvalue weighted by atomic mass is 16.5. The lowest BCUT2D eigenvalue weighted by Gasteiger charge is -2.27.